The van der Waals surface area contributed by atoms with Gasteiger partial charge in [-0.3, -0.25) is 4.79 Å². The Morgan fingerprint density at radius 3 is 2.48 bits per heavy atom. The van der Waals surface area contributed by atoms with Crippen LogP contribution in [0.5, 0.6) is 11.5 Å². The van der Waals surface area contributed by atoms with Crippen LogP contribution in [-0.4, -0.2) is 33.9 Å². The number of aromatic nitrogens is 1. The molecule has 4 N–H and O–H groups in total. The maximum atomic E-state index is 12.5. The second-order valence-electron chi connectivity index (χ2n) is 7.03. The van der Waals surface area contributed by atoms with Crippen molar-refractivity contribution in [1.29, 1.82) is 0 Å². The molecule has 0 fully saturated rings. The molecular weight excluding hydrogens is 370 g/mol. The third-order valence-corrected chi connectivity index (χ3v) is 4.43. The molecular formula is C22H25N3O4. The molecule has 0 aliphatic carbocycles. The van der Waals surface area contributed by atoms with Gasteiger partial charge in [-0.25, -0.2) is 0 Å². The van der Waals surface area contributed by atoms with E-state index in [-0.39, 0.29) is 28.9 Å². The highest BCUT2D eigenvalue weighted by Gasteiger charge is 2.25. The summed E-state index contributed by atoms with van der Waals surface area (Å²) in [6.07, 6.45) is 0. The lowest BCUT2D eigenvalue weighted by molar-refractivity contribution is 0.0947. The smallest absolute Gasteiger partial charge is 0.274 e. The minimum Gasteiger partial charge on any atom is -0.508 e. The number of carbonyl (C=O) groups excluding carboxylic acids is 1. The number of carbonyl (C=O) groups is 1. The summed E-state index contributed by atoms with van der Waals surface area (Å²) in [4.78, 5) is 12.5. The predicted molar refractivity (Wildman–Crippen MR) is 111 cm³/mol. The van der Waals surface area contributed by atoms with Crippen LogP contribution >= 0.6 is 0 Å². The number of amides is 1. The summed E-state index contributed by atoms with van der Waals surface area (Å²) >= 11 is 0. The van der Waals surface area contributed by atoms with E-state index in [1.54, 1.807) is 0 Å². The molecule has 0 spiro atoms. The van der Waals surface area contributed by atoms with Gasteiger partial charge in [-0.2, -0.15) is 0 Å². The van der Waals surface area contributed by atoms with Gasteiger partial charge in [0.1, 0.15) is 11.5 Å². The Bertz CT molecular complexity index is 994. The Balaban J connectivity index is 2.07. The van der Waals surface area contributed by atoms with E-state index in [4.69, 9.17) is 4.52 Å². The van der Waals surface area contributed by atoms with Crippen LogP contribution in [0.1, 0.15) is 36.8 Å². The number of hydrogen-bond donors (Lipinski definition) is 4. The second kappa shape index (κ2) is 8.79. The van der Waals surface area contributed by atoms with Gasteiger partial charge >= 0.3 is 0 Å². The average molecular weight is 395 g/mol. The van der Waals surface area contributed by atoms with Gasteiger partial charge in [-0.15, -0.1) is 0 Å². The van der Waals surface area contributed by atoms with Crippen molar-refractivity contribution in [1.82, 2.24) is 15.8 Å². The molecule has 0 aliphatic rings. The third-order valence-electron chi connectivity index (χ3n) is 4.43. The van der Waals surface area contributed by atoms with Crippen molar-refractivity contribution in [2.24, 2.45) is 0 Å². The number of nitrogens with one attached hydrogen (secondary N) is 2. The number of hydrogen-bond acceptors (Lipinski definition) is 6. The topological polar surface area (TPSA) is 108 Å². The van der Waals surface area contributed by atoms with Crippen LogP contribution in [0.25, 0.3) is 22.5 Å². The minimum atomic E-state index is -0.360. The van der Waals surface area contributed by atoms with Crippen LogP contribution in [0.2, 0.25) is 0 Å². The number of rotatable bonds is 7. The molecule has 0 saturated carbocycles. The quantitative estimate of drug-likeness (QED) is 0.486. The maximum Gasteiger partial charge on any atom is 0.274 e. The molecule has 0 unspecified atom stereocenters. The molecule has 7 nitrogen and oxygen atoms in total. The van der Waals surface area contributed by atoms with Gasteiger partial charge in [0.2, 0.25) is 0 Å². The van der Waals surface area contributed by atoms with Gasteiger partial charge in [0.15, 0.2) is 11.5 Å². The lowest BCUT2D eigenvalue weighted by Crippen LogP contribution is -2.23. The monoisotopic (exact) mass is 395 g/mol. The molecule has 3 aromatic rings. The highest BCUT2D eigenvalue weighted by molar-refractivity contribution is 6.02. The largest absolute Gasteiger partial charge is 0.508 e. The fourth-order valence-electron chi connectivity index (χ4n) is 2.96. The summed E-state index contributed by atoms with van der Waals surface area (Å²) in [5, 5.41) is 29.9. The molecule has 3 rings (SSSR count). The van der Waals surface area contributed by atoms with Gasteiger partial charge in [0.25, 0.3) is 5.91 Å². The zero-order chi connectivity index (χ0) is 21.0. The predicted octanol–water partition coefficient (Wildman–Crippen LogP) is 3.67. The molecule has 0 saturated heterocycles. The first-order valence-corrected chi connectivity index (χ1v) is 9.53. The van der Waals surface area contributed by atoms with Crippen LogP contribution < -0.4 is 10.6 Å². The minimum absolute atomic E-state index is 0.0710. The van der Waals surface area contributed by atoms with Gasteiger partial charge in [0, 0.05) is 25.2 Å². The molecule has 1 heterocycles. The number of aromatic hydroxyl groups is 2. The summed E-state index contributed by atoms with van der Waals surface area (Å²) in [6.45, 7) is 7.17. The van der Waals surface area contributed by atoms with Crippen LogP contribution in [-0.2, 0) is 6.54 Å². The van der Waals surface area contributed by atoms with Crippen LogP contribution in [0.4, 0.5) is 0 Å². The zero-order valence-corrected chi connectivity index (χ0v) is 16.7. The molecule has 1 amide bonds. The first-order chi connectivity index (χ1) is 13.9. The van der Waals surface area contributed by atoms with E-state index in [1.807, 2.05) is 31.2 Å². The summed E-state index contributed by atoms with van der Waals surface area (Å²) < 4.78 is 5.47. The van der Waals surface area contributed by atoms with Crippen molar-refractivity contribution in [3.63, 3.8) is 0 Å². The van der Waals surface area contributed by atoms with Crippen molar-refractivity contribution in [3.8, 4) is 33.9 Å². The average Bonchev–Trinajstić information content (AvgIpc) is 3.12. The summed E-state index contributed by atoms with van der Waals surface area (Å²) in [5.74, 6) is -0.334. The number of benzene rings is 2. The lowest BCUT2D eigenvalue weighted by Gasteiger charge is -2.10. The Hall–Kier alpha value is -3.32. The molecule has 29 heavy (non-hydrogen) atoms. The molecule has 152 valence electrons. The summed E-state index contributed by atoms with van der Waals surface area (Å²) in [6, 6.07) is 12.3. The van der Waals surface area contributed by atoms with Crippen molar-refractivity contribution in [2.75, 3.05) is 6.54 Å². The Morgan fingerprint density at radius 1 is 1.14 bits per heavy atom. The van der Waals surface area contributed by atoms with E-state index in [0.717, 1.165) is 17.7 Å². The summed E-state index contributed by atoms with van der Waals surface area (Å²) in [5.41, 5.74) is 2.81. The Labute approximate surface area is 169 Å². The van der Waals surface area contributed by atoms with Gasteiger partial charge in [-0.05, 0) is 30.2 Å². The highest BCUT2D eigenvalue weighted by atomic mass is 16.5. The number of nitrogens with zero attached hydrogens (tertiary/aromatic N) is 1. The van der Waals surface area contributed by atoms with Gasteiger partial charge < -0.3 is 25.4 Å². The zero-order valence-electron chi connectivity index (χ0n) is 16.7. The first-order valence-electron chi connectivity index (χ1n) is 9.53. The standard InChI is InChI=1S/C22H25N3O4/c1-4-23-22(28)20-19(15-7-5-14(6-8-15)12-24-13(2)3)21(29-25-20)17-10-9-16(26)11-18(17)27/h5-11,13,24,26-27H,4,12H2,1-3H3,(H,23,28). The van der Waals surface area contributed by atoms with Gasteiger partial charge in [-0.1, -0.05) is 43.3 Å². The van der Waals surface area contributed by atoms with E-state index in [0.29, 0.717) is 23.7 Å². The molecule has 0 aliphatic heterocycles. The third kappa shape index (κ3) is 4.57. The molecule has 0 atom stereocenters. The van der Waals surface area contributed by atoms with E-state index in [2.05, 4.69) is 29.6 Å². The first kappa shape index (κ1) is 20.4. The van der Waals surface area contributed by atoms with Crippen LogP contribution in [0, 0.1) is 0 Å². The highest BCUT2D eigenvalue weighted by Crippen LogP contribution is 2.40. The fraction of sp³-hybridized carbons (Fsp3) is 0.273. The molecule has 2 aromatic carbocycles. The van der Waals surface area contributed by atoms with E-state index in [9.17, 15) is 15.0 Å². The molecule has 0 bridgehead atoms. The van der Waals surface area contributed by atoms with Gasteiger partial charge in [0.05, 0.1) is 11.1 Å². The summed E-state index contributed by atoms with van der Waals surface area (Å²) in [7, 11) is 0. The van der Waals surface area contributed by atoms with Crippen LogP contribution in [0.3, 0.4) is 0 Å². The molecule has 0 radical (unpaired) electrons. The SMILES string of the molecule is CCNC(=O)c1noc(-c2ccc(O)cc2O)c1-c1ccc(CNC(C)C)cc1. The van der Waals surface area contributed by atoms with E-state index in [1.165, 1.54) is 18.2 Å². The van der Waals surface area contributed by atoms with Crippen molar-refractivity contribution < 1.29 is 19.5 Å². The lowest BCUT2D eigenvalue weighted by atomic mass is 9.97. The molecule has 1 aromatic heterocycles. The Kier molecular flexibility index (Phi) is 6.19. The van der Waals surface area contributed by atoms with E-state index >= 15 is 0 Å². The number of phenols is 2. The second-order valence-corrected chi connectivity index (χ2v) is 7.03. The van der Waals surface area contributed by atoms with E-state index < -0.39 is 0 Å². The Morgan fingerprint density at radius 2 is 1.86 bits per heavy atom. The van der Waals surface area contributed by atoms with Crippen molar-refractivity contribution in [3.05, 3.63) is 53.7 Å². The normalized spacial score (nSPS) is 11.0. The van der Waals surface area contributed by atoms with Crippen molar-refractivity contribution in [2.45, 2.75) is 33.4 Å². The molecule has 7 heteroatoms. The fourth-order valence-corrected chi connectivity index (χ4v) is 2.96. The number of phenolic OH excluding ortho intramolecular Hbond substituents is 2. The van der Waals surface area contributed by atoms with Crippen LogP contribution in [0.15, 0.2) is 47.0 Å². The van der Waals surface area contributed by atoms with Crippen molar-refractivity contribution >= 4 is 5.91 Å². The maximum absolute atomic E-state index is 12.5.